The van der Waals surface area contributed by atoms with Gasteiger partial charge in [0.15, 0.2) is 0 Å². The fourth-order valence-electron chi connectivity index (χ4n) is 2.27. The maximum Gasteiger partial charge on any atom is 0.319 e. The van der Waals surface area contributed by atoms with Crippen LogP contribution in [0.25, 0.3) is 0 Å². The lowest BCUT2D eigenvalue weighted by molar-refractivity contribution is 0.168. The lowest BCUT2D eigenvalue weighted by Crippen LogP contribution is -2.51. The maximum atomic E-state index is 11.9. The minimum Gasteiger partial charge on any atom is -0.353 e. The summed E-state index contributed by atoms with van der Waals surface area (Å²) in [5.74, 6) is 1.75. The van der Waals surface area contributed by atoms with Gasteiger partial charge >= 0.3 is 6.03 Å². The van der Waals surface area contributed by atoms with Gasteiger partial charge in [0, 0.05) is 52.0 Å². The first-order valence-electron chi connectivity index (χ1n) is 6.51. The summed E-state index contributed by atoms with van der Waals surface area (Å²) >= 11 is 0. The van der Waals surface area contributed by atoms with E-state index in [4.69, 9.17) is 0 Å². The smallest absolute Gasteiger partial charge is 0.319 e. The number of rotatable bonds is 1. The number of hydrogen-bond donors (Lipinski definition) is 0. The lowest BCUT2D eigenvalue weighted by atomic mass is 10.3. The van der Waals surface area contributed by atoms with Crippen LogP contribution in [0.2, 0.25) is 0 Å². The standard InChI is InChI=1S/C13H21N5O/c1-10-9-12(15-11(2)14-10)17-5-7-18(8-6-17)13(19)16(3)4/h9H,5-8H2,1-4H3. The Bertz CT molecular complexity index is 446. The number of anilines is 1. The van der Waals surface area contributed by atoms with Crippen LogP contribution in [-0.4, -0.2) is 66.1 Å². The Labute approximate surface area is 114 Å². The van der Waals surface area contributed by atoms with Gasteiger partial charge in [0.2, 0.25) is 0 Å². The molecule has 0 spiro atoms. The molecule has 0 bridgehead atoms. The van der Waals surface area contributed by atoms with Gasteiger partial charge in [0.25, 0.3) is 0 Å². The van der Waals surface area contributed by atoms with E-state index in [2.05, 4.69) is 14.9 Å². The van der Waals surface area contributed by atoms with Crippen molar-refractivity contribution in [3.05, 3.63) is 17.6 Å². The summed E-state index contributed by atoms with van der Waals surface area (Å²) in [5, 5.41) is 0. The third kappa shape index (κ3) is 3.13. The van der Waals surface area contributed by atoms with Crippen LogP contribution in [-0.2, 0) is 0 Å². The van der Waals surface area contributed by atoms with E-state index in [1.165, 1.54) is 0 Å². The topological polar surface area (TPSA) is 52.6 Å². The normalized spacial score (nSPS) is 15.6. The van der Waals surface area contributed by atoms with E-state index in [0.717, 1.165) is 43.5 Å². The quantitative estimate of drug-likeness (QED) is 0.755. The van der Waals surface area contributed by atoms with Gasteiger partial charge in [-0.15, -0.1) is 0 Å². The van der Waals surface area contributed by atoms with Gasteiger partial charge in [-0.3, -0.25) is 0 Å². The van der Waals surface area contributed by atoms with Crippen LogP contribution in [0.15, 0.2) is 6.07 Å². The Balaban J connectivity index is 2.01. The van der Waals surface area contributed by atoms with Gasteiger partial charge in [-0.05, 0) is 13.8 Å². The summed E-state index contributed by atoms with van der Waals surface area (Å²) in [6.45, 7) is 6.98. The van der Waals surface area contributed by atoms with Gasteiger partial charge < -0.3 is 14.7 Å². The van der Waals surface area contributed by atoms with E-state index in [0.29, 0.717) is 0 Å². The number of carbonyl (C=O) groups excluding carboxylic acids is 1. The Morgan fingerprint density at radius 1 is 1.16 bits per heavy atom. The molecular formula is C13H21N5O. The van der Waals surface area contributed by atoms with Crippen molar-refractivity contribution < 1.29 is 4.79 Å². The number of urea groups is 1. The van der Waals surface area contributed by atoms with Crippen LogP contribution in [0.4, 0.5) is 10.6 Å². The summed E-state index contributed by atoms with van der Waals surface area (Å²) in [4.78, 5) is 26.3. The lowest BCUT2D eigenvalue weighted by Gasteiger charge is -2.36. The zero-order chi connectivity index (χ0) is 14.0. The van der Waals surface area contributed by atoms with Crippen molar-refractivity contribution in [2.24, 2.45) is 0 Å². The summed E-state index contributed by atoms with van der Waals surface area (Å²) in [6, 6.07) is 2.07. The van der Waals surface area contributed by atoms with E-state index in [-0.39, 0.29) is 6.03 Å². The minimum absolute atomic E-state index is 0.0784. The van der Waals surface area contributed by atoms with Crippen LogP contribution < -0.4 is 4.90 Å². The van der Waals surface area contributed by atoms with Gasteiger partial charge in [-0.2, -0.15) is 0 Å². The molecule has 0 radical (unpaired) electrons. The third-order valence-electron chi connectivity index (χ3n) is 3.21. The number of nitrogens with zero attached hydrogens (tertiary/aromatic N) is 5. The molecule has 1 aromatic rings. The first-order chi connectivity index (χ1) is 8.97. The number of carbonyl (C=O) groups is 1. The molecule has 0 aliphatic carbocycles. The SMILES string of the molecule is Cc1cc(N2CCN(C(=O)N(C)C)CC2)nc(C)n1. The second-order valence-corrected chi connectivity index (χ2v) is 5.07. The van der Waals surface area contributed by atoms with Crippen molar-refractivity contribution in [3.63, 3.8) is 0 Å². The number of aryl methyl sites for hydroxylation is 2. The Morgan fingerprint density at radius 3 is 2.32 bits per heavy atom. The molecule has 0 N–H and O–H groups in total. The number of aromatic nitrogens is 2. The second kappa shape index (κ2) is 5.42. The first-order valence-corrected chi connectivity index (χ1v) is 6.51. The number of hydrogen-bond acceptors (Lipinski definition) is 4. The molecule has 0 aromatic carbocycles. The molecule has 0 unspecified atom stereocenters. The molecule has 6 heteroatoms. The van der Waals surface area contributed by atoms with Crippen LogP contribution in [0.1, 0.15) is 11.5 Å². The van der Waals surface area contributed by atoms with Crippen molar-refractivity contribution in [3.8, 4) is 0 Å². The maximum absolute atomic E-state index is 11.9. The van der Waals surface area contributed by atoms with Crippen molar-refractivity contribution in [1.29, 1.82) is 0 Å². The molecule has 19 heavy (non-hydrogen) atoms. The molecule has 0 saturated carbocycles. The highest BCUT2D eigenvalue weighted by molar-refractivity contribution is 5.74. The van der Waals surface area contributed by atoms with Crippen molar-refractivity contribution in [1.82, 2.24) is 19.8 Å². The summed E-state index contributed by atoms with van der Waals surface area (Å²) in [5.41, 5.74) is 0.981. The highest BCUT2D eigenvalue weighted by Gasteiger charge is 2.23. The third-order valence-corrected chi connectivity index (χ3v) is 3.21. The average Bonchev–Trinajstić information content (AvgIpc) is 2.37. The molecule has 2 rings (SSSR count). The minimum atomic E-state index is 0.0784. The van der Waals surface area contributed by atoms with Crippen LogP contribution in [0.3, 0.4) is 0 Å². The molecule has 6 nitrogen and oxygen atoms in total. The molecule has 2 amide bonds. The predicted octanol–water partition coefficient (Wildman–Crippen LogP) is 0.897. The van der Waals surface area contributed by atoms with Crippen molar-refractivity contribution >= 4 is 11.8 Å². The van der Waals surface area contributed by atoms with E-state index in [1.807, 2.05) is 24.8 Å². The van der Waals surface area contributed by atoms with E-state index < -0.39 is 0 Å². The van der Waals surface area contributed by atoms with E-state index >= 15 is 0 Å². The predicted molar refractivity (Wildman–Crippen MR) is 74.4 cm³/mol. The highest BCUT2D eigenvalue weighted by atomic mass is 16.2. The van der Waals surface area contributed by atoms with Crippen LogP contribution in [0.5, 0.6) is 0 Å². The zero-order valence-corrected chi connectivity index (χ0v) is 12.1. The van der Waals surface area contributed by atoms with Crippen LogP contribution in [0, 0.1) is 13.8 Å². The highest BCUT2D eigenvalue weighted by Crippen LogP contribution is 2.15. The molecule has 1 aliphatic rings. The van der Waals surface area contributed by atoms with Crippen LogP contribution >= 0.6 is 0 Å². The van der Waals surface area contributed by atoms with E-state index in [9.17, 15) is 4.79 Å². The molecule has 1 aliphatic heterocycles. The Hall–Kier alpha value is -1.85. The molecule has 0 atom stereocenters. The van der Waals surface area contributed by atoms with Crippen molar-refractivity contribution in [2.75, 3.05) is 45.2 Å². The number of piperazine rings is 1. The fourth-order valence-corrected chi connectivity index (χ4v) is 2.27. The zero-order valence-electron chi connectivity index (χ0n) is 12.1. The number of amides is 2. The van der Waals surface area contributed by atoms with E-state index in [1.54, 1.807) is 19.0 Å². The molecule has 104 valence electrons. The van der Waals surface area contributed by atoms with Gasteiger partial charge in [-0.25, -0.2) is 14.8 Å². The Morgan fingerprint density at radius 2 is 1.79 bits per heavy atom. The molecule has 1 aromatic heterocycles. The average molecular weight is 263 g/mol. The molecule has 1 fully saturated rings. The molecule has 1 saturated heterocycles. The summed E-state index contributed by atoms with van der Waals surface area (Å²) in [7, 11) is 3.57. The molecular weight excluding hydrogens is 242 g/mol. The van der Waals surface area contributed by atoms with Gasteiger partial charge in [-0.1, -0.05) is 0 Å². The fraction of sp³-hybridized carbons (Fsp3) is 0.615. The summed E-state index contributed by atoms with van der Waals surface area (Å²) in [6.07, 6.45) is 0. The summed E-state index contributed by atoms with van der Waals surface area (Å²) < 4.78 is 0. The largest absolute Gasteiger partial charge is 0.353 e. The van der Waals surface area contributed by atoms with Gasteiger partial charge in [0.1, 0.15) is 11.6 Å². The first kappa shape index (κ1) is 13.6. The van der Waals surface area contributed by atoms with Crippen molar-refractivity contribution in [2.45, 2.75) is 13.8 Å². The monoisotopic (exact) mass is 263 g/mol. The Kier molecular flexibility index (Phi) is 3.87. The molecule has 2 heterocycles. The van der Waals surface area contributed by atoms with Gasteiger partial charge in [0.05, 0.1) is 0 Å². The second-order valence-electron chi connectivity index (χ2n) is 5.07.